The molecule has 0 saturated carbocycles. The first-order valence-corrected chi connectivity index (χ1v) is 7.64. The molecule has 0 aliphatic rings. The Labute approximate surface area is 143 Å². The maximum absolute atomic E-state index is 12.6. The van der Waals surface area contributed by atoms with Gasteiger partial charge in [0.2, 0.25) is 0 Å². The molecule has 1 aromatic carbocycles. The summed E-state index contributed by atoms with van der Waals surface area (Å²) in [6.07, 6.45) is 3.35. The lowest BCUT2D eigenvalue weighted by Crippen LogP contribution is -2.38. The van der Waals surface area contributed by atoms with Crippen LogP contribution in [0.15, 0.2) is 76.0 Å². The van der Waals surface area contributed by atoms with Crippen molar-refractivity contribution in [2.24, 2.45) is 0 Å². The second-order valence-corrected chi connectivity index (χ2v) is 5.42. The van der Waals surface area contributed by atoms with Crippen LogP contribution in [0.4, 0.5) is 0 Å². The number of carbonyl (C=O) groups is 2. The Balaban J connectivity index is 1.81. The van der Waals surface area contributed by atoms with Gasteiger partial charge in [0.25, 0.3) is 5.60 Å². The van der Waals surface area contributed by atoms with E-state index < -0.39 is 17.5 Å². The molecule has 0 saturated heterocycles. The van der Waals surface area contributed by atoms with Crippen LogP contribution in [0.5, 0.6) is 0 Å². The number of carbonyl (C=O) groups excluding carboxylic acids is 2. The van der Waals surface area contributed by atoms with Crippen LogP contribution in [-0.2, 0) is 19.9 Å². The first-order valence-electron chi connectivity index (χ1n) is 7.64. The molecular weight excluding hydrogens is 324 g/mol. The van der Waals surface area contributed by atoms with E-state index in [0.717, 1.165) is 0 Å². The second kappa shape index (κ2) is 7.19. The molecule has 1 atom stereocenters. The quantitative estimate of drug-likeness (QED) is 0.525. The van der Waals surface area contributed by atoms with E-state index in [2.05, 4.69) is 0 Å². The summed E-state index contributed by atoms with van der Waals surface area (Å²) in [6, 6.07) is 14.9. The van der Waals surface area contributed by atoms with E-state index in [4.69, 9.17) is 13.6 Å². The van der Waals surface area contributed by atoms with Crippen molar-refractivity contribution in [3.8, 4) is 0 Å². The highest BCUT2D eigenvalue weighted by atomic mass is 16.6. The van der Waals surface area contributed by atoms with Gasteiger partial charge in [0, 0.05) is 0 Å². The van der Waals surface area contributed by atoms with Gasteiger partial charge >= 0.3 is 5.97 Å². The minimum absolute atomic E-state index is 0.0326. The van der Waals surface area contributed by atoms with Crippen molar-refractivity contribution in [2.75, 3.05) is 6.61 Å². The van der Waals surface area contributed by atoms with Crippen molar-refractivity contribution >= 4 is 12.3 Å². The Morgan fingerprint density at radius 3 is 2.12 bits per heavy atom. The summed E-state index contributed by atoms with van der Waals surface area (Å²) < 4.78 is 15.6. The normalized spacial score (nSPS) is 12.5. The van der Waals surface area contributed by atoms with Gasteiger partial charge < -0.3 is 23.5 Å². The van der Waals surface area contributed by atoms with Crippen LogP contribution in [0.25, 0.3) is 0 Å². The largest absolute Gasteiger partial charge is 0.465 e. The fourth-order valence-electron chi connectivity index (χ4n) is 2.48. The topological polar surface area (TPSA) is 89.9 Å². The third kappa shape index (κ3) is 3.25. The second-order valence-electron chi connectivity index (χ2n) is 5.42. The Morgan fingerprint density at radius 1 is 1.04 bits per heavy atom. The van der Waals surface area contributed by atoms with Gasteiger partial charge in [-0.3, -0.25) is 0 Å². The van der Waals surface area contributed by atoms with Crippen LogP contribution in [-0.4, -0.2) is 24.0 Å². The molecule has 0 aliphatic heterocycles. The molecule has 6 nitrogen and oxygen atoms in total. The lowest BCUT2D eigenvalue weighted by Gasteiger charge is -2.22. The van der Waals surface area contributed by atoms with Gasteiger partial charge in [-0.1, -0.05) is 30.3 Å². The van der Waals surface area contributed by atoms with Crippen molar-refractivity contribution in [1.29, 1.82) is 0 Å². The number of aliphatic hydroxyl groups is 1. The molecule has 2 heterocycles. The van der Waals surface area contributed by atoms with Crippen LogP contribution in [0, 0.1) is 0 Å². The van der Waals surface area contributed by atoms with Gasteiger partial charge in [-0.05, 0) is 29.8 Å². The van der Waals surface area contributed by atoms with E-state index >= 15 is 0 Å². The van der Waals surface area contributed by atoms with Crippen LogP contribution in [0.2, 0.25) is 0 Å². The lowest BCUT2D eigenvalue weighted by atomic mass is 9.97. The molecule has 1 unspecified atom stereocenters. The van der Waals surface area contributed by atoms with E-state index in [9.17, 15) is 14.7 Å². The van der Waals surface area contributed by atoms with Gasteiger partial charge in [0.1, 0.15) is 12.9 Å². The third-order valence-electron chi connectivity index (χ3n) is 3.84. The molecule has 6 heteroatoms. The number of furan rings is 2. The maximum atomic E-state index is 12.6. The smallest absolute Gasteiger partial charge is 0.354 e. The summed E-state index contributed by atoms with van der Waals surface area (Å²) in [5.74, 6) is -1.69. The Bertz CT molecular complexity index is 771. The van der Waals surface area contributed by atoms with Gasteiger partial charge in [0.15, 0.2) is 11.5 Å². The monoisotopic (exact) mass is 340 g/mol. The number of rotatable bonds is 7. The summed E-state index contributed by atoms with van der Waals surface area (Å²) in [6.45, 7) is -0.212. The summed E-state index contributed by atoms with van der Waals surface area (Å²) in [5, 5.41) is 10.9. The minimum atomic E-state index is -2.23. The number of aldehydes is 1. The Hall–Kier alpha value is -3.12. The molecule has 128 valence electrons. The zero-order valence-electron chi connectivity index (χ0n) is 13.2. The minimum Gasteiger partial charge on any atom is -0.465 e. The summed E-state index contributed by atoms with van der Waals surface area (Å²) >= 11 is 0. The number of hydrogen-bond donors (Lipinski definition) is 1. The molecule has 3 aromatic rings. The zero-order chi connectivity index (χ0) is 17.7. The lowest BCUT2D eigenvalue weighted by molar-refractivity contribution is -0.166. The molecule has 1 N–H and O–H groups in total. The van der Waals surface area contributed by atoms with Gasteiger partial charge in [-0.15, -0.1) is 0 Å². The first kappa shape index (κ1) is 16.7. The van der Waals surface area contributed by atoms with Gasteiger partial charge in [-0.25, -0.2) is 4.79 Å². The SMILES string of the molecule is O=CC(COC(=O)C(O)(c1ccco1)c1ccco1)c1ccccc1. The number of ether oxygens (including phenoxy) is 1. The highest BCUT2D eigenvalue weighted by Gasteiger charge is 2.47. The van der Waals surface area contributed by atoms with Crippen LogP contribution < -0.4 is 0 Å². The van der Waals surface area contributed by atoms with Crippen molar-refractivity contribution in [3.05, 3.63) is 84.2 Å². The summed E-state index contributed by atoms with van der Waals surface area (Å²) in [4.78, 5) is 23.9. The van der Waals surface area contributed by atoms with Crippen molar-refractivity contribution in [2.45, 2.75) is 11.5 Å². The molecule has 2 aromatic heterocycles. The first-order chi connectivity index (χ1) is 12.2. The fourth-order valence-corrected chi connectivity index (χ4v) is 2.48. The molecule has 0 radical (unpaired) electrons. The highest BCUT2D eigenvalue weighted by Crippen LogP contribution is 2.32. The van der Waals surface area contributed by atoms with E-state index in [0.29, 0.717) is 11.8 Å². The molecule has 0 fully saturated rings. The zero-order valence-corrected chi connectivity index (χ0v) is 13.2. The van der Waals surface area contributed by atoms with Crippen LogP contribution in [0.3, 0.4) is 0 Å². The average molecular weight is 340 g/mol. The number of esters is 1. The average Bonchev–Trinajstić information content (AvgIpc) is 3.36. The van der Waals surface area contributed by atoms with E-state index in [1.807, 2.05) is 6.07 Å². The molecule has 0 spiro atoms. The molecule has 25 heavy (non-hydrogen) atoms. The van der Waals surface area contributed by atoms with Crippen molar-refractivity contribution < 1.29 is 28.3 Å². The highest BCUT2D eigenvalue weighted by molar-refractivity contribution is 5.84. The van der Waals surface area contributed by atoms with Gasteiger partial charge in [0.05, 0.1) is 18.4 Å². The molecule has 0 amide bonds. The number of benzene rings is 1. The number of hydrogen-bond acceptors (Lipinski definition) is 6. The van der Waals surface area contributed by atoms with E-state index in [1.165, 1.54) is 36.8 Å². The van der Waals surface area contributed by atoms with Crippen molar-refractivity contribution in [3.63, 3.8) is 0 Å². The molecule has 3 rings (SSSR count). The maximum Gasteiger partial charge on any atom is 0.354 e. The van der Waals surface area contributed by atoms with E-state index in [-0.39, 0.29) is 18.1 Å². The molecule has 0 bridgehead atoms. The van der Waals surface area contributed by atoms with Gasteiger partial charge in [-0.2, -0.15) is 0 Å². The predicted octanol–water partition coefficient (Wildman–Crippen LogP) is 2.63. The molecule has 0 aliphatic carbocycles. The van der Waals surface area contributed by atoms with Crippen molar-refractivity contribution in [1.82, 2.24) is 0 Å². The summed E-state index contributed by atoms with van der Waals surface area (Å²) in [7, 11) is 0. The molecular formula is C19H16O6. The predicted molar refractivity (Wildman–Crippen MR) is 86.6 cm³/mol. The van der Waals surface area contributed by atoms with E-state index in [1.54, 1.807) is 24.3 Å². The Kier molecular flexibility index (Phi) is 4.81. The van der Waals surface area contributed by atoms with Crippen LogP contribution >= 0.6 is 0 Å². The summed E-state index contributed by atoms with van der Waals surface area (Å²) in [5.41, 5.74) is -1.51. The standard InChI is InChI=1S/C19H16O6/c20-12-15(14-6-2-1-3-7-14)13-25-18(21)19(22,16-8-4-10-23-16)17-9-5-11-24-17/h1-12,15,22H,13H2. The Morgan fingerprint density at radius 2 is 1.64 bits per heavy atom. The van der Waals surface area contributed by atoms with Crippen LogP contribution in [0.1, 0.15) is 23.0 Å². The third-order valence-corrected chi connectivity index (χ3v) is 3.84. The fraction of sp³-hybridized carbons (Fsp3) is 0.158.